The molecule has 0 amide bonds. The van der Waals surface area contributed by atoms with E-state index < -0.39 is 6.10 Å². The van der Waals surface area contributed by atoms with Gasteiger partial charge in [-0.3, -0.25) is 9.59 Å². The lowest BCUT2D eigenvalue weighted by Gasteiger charge is -2.15. The second-order valence-corrected chi connectivity index (χ2v) is 12.6. The van der Waals surface area contributed by atoms with Crippen molar-refractivity contribution in [2.75, 3.05) is 13.2 Å². The summed E-state index contributed by atoms with van der Waals surface area (Å²) in [4.78, 5) is 24.2. The summed E-state index contributed by atoms with van der Waals surface area (Å²) in [7, 11) is 0. The lowest BCUT2D eigenvalue weighted by molar-refractivity contribution is -0.161. The Kier molecular flexibility index (Phi) is 36.6. The maximum atomic E-state index is 12.2. The van der Waals surface area contributed by atoms with Crippen molar-refractivity contribution < 1.29 is 24.2 Å². The predicted molar refractivity (Wildman–Crippen MR) is 205 cm³/mol. The highest BCUT2D eigenvalue weighted by Crippen LogP contribution is 2.12. The number of esters is 2. The Morgan fingerprint density at radius 1 is 0.500 bits per heavy atom. The molecule has 0 bridgehead atoms. The Labute approximate surface area is 295 Å². The van der Waals surface area contributed by atoms with Gasteiger partial charge < -0.3 is 14.6 Å². The SMILES string of the molecule is CCC=CCC=CCC=CCC=CCC=CCCCCCC(=O)O[C@@H](CO)COC(=O)CCCCCCCCCC=CCCCCCC. The lowest BCUT2D eigenvalue weighted by atomic mass is 10.1. The molecule has 274 valence electrons. The van der Waals surface area contributed by atoms with E-state index in [1.165, 1.54) is 64.2 Å². The molecule has 0 aliphatic carbocycles. The van der Waals surface area contributed by atoms with Gasteiger partial charge in [0.25, 0.3) is 0 Å². The largest absolute Gasteiger partial charge is 0.462 e. The zero-order valence-electron chi connectivity index (χ0n) is 31.0. The summed E-state index contributed by atoms with van der Waals surface area (Å²) in [5.41, 5.74) is 0. The van der Waals surface area contributed by atoms with Gasteiger partial charge in [-0.1, -0.05) is 145 Å². The highest BCUT2D eigenvalue weighted by atomic mass is 16.6. The molecule has 0 aromatic carbocycles. The number of carbonyl (C=O) groups excluding carboxylic acids is 2. The first-order valence-corrected chi connectivity index (χ1v) is 19.5. The lowest BCUT2D eigenvalue weighted by Crippen LogP contribution is -2.28. The molecule has 1 atom stereocenters. The van der Waals surface area contributed by atoms with Gasteiger partial charge in [0.15, 0.2) is 6.10 Å². The van der Waals surface area contributed by atoms with Gasteiger partial charge in [-0.15, -0.1) is 0 Å². The zero-order chi connectivity index (χ0) is 35.0. The standard InChI is InChI=1S/C43H72O5/c1-3-5-7-9-11-13-15-17-19-20-21-22-24-26-28-30-32-34-36-38-43(46)48-41(39-44)40-47-42(45)37-35-33-31-29-27-25-23-18-16-14-12-10-8-6-4-2/h5,7,11,13-14,16-17,19,21-22,26,28,41,44H,3-4,6,8-10,12,15,18,20,23-25,27,29-40H2,1-2H3/t41-/m0/s1. The van der Waals surface area contributed by atoms with E-state index in [1.54, 1.807) is 0 Å². The van der Waals surface area contributed by atoms with Crippen molar-refractivity contribution in [1.82, 2.24) is 0 Å². The number of ether oxygens (including phenoxy) is 2. The smallest absolute Gasteiger partial charge is 0.306 e. The van der Waals surface area contributed by atoms with Crippen molar-refractivity contribution in [3.05, 3.63) is 72.9 Å². The Balaban J connectivity index is 3.67. The molecular weight excluding hydrogens is 596 g/mol. The molecule has 1 N–H and O–H groups in total. The molecule has 0 saturated heterocycles. The fourth-order valence-corrected chi connectivity index (χ4v) is 5.04. The van der Waals surface area contributed by atoms with Crippen LogP contribution in [0.15, 0.2) is 72.9 Å². The Bertz CT molecular complexity index is 895. The van der Waals surface area contributed by atoms with E-state index in [1.807, 2.05) is 0 Å². The average Bonchev–Trinajstić information content (AvgIpc) is 3.09. The molecule has 0 spiro atoms. The zero-order valence-corrected chi connectivity index (χ0v) is 31.0. The number of carbonyl (C=O) groups is 2. The normalized spacial score (nSPS) is 13.0. The summed E-state index contributed by atoms with van der Waals surface area (Å²) >= 11 is 0. The molecule has 0 radical (unpaired) electrons. The number of unbranched alkanes of at least 4 members (excludes halogenated alkanes) is 14. The molecule has 5 heteroatoms. The molecule has 0 saturated carbocycles. The van der Waals surface area contributed by atoms with Crippen molar-refractivity contribution in [1.29, 1.82) is 0 Å². The van der Waals surface area contributed by atoms with Gasteiger partial charge in [-0.2, -0.15) is 0 Å². The third kappa shape index (κ3) is 36.2. The average molecular weight is 669 g/mol. The number of aliphatic hydroxyl groups excluding tert-OH is 1. The van der Waals surface area contributed by atoms with Crippen LogP contribution in [0.1, 0.15) is 168 Å². The number of hydrogen-bond donors (Lipinski definition) is 1. The second kappa shape index (κ2) is 38.8. The Morgan fingerprint density at radius 2 is 0.896 bits per heavy atom. The summed E-state index contributed by atoms with van der Waals surface area (Å²) < 4.78 is 10.6. The van der Waals surface area contributed by atoms with Crippen LogP contribution in [0, 0.1) is 0 Å². The van der Waals surface area contributed by atoms with Gasteiger partial charge in [-0.05, 0) is 83.5 Å². The van der Waals surface area contributed by atoms with Crippen LogP contribution >= 0.6 is 0 Å². The van der Waals surface area contributed by atoms with Gasteiger partial charge >= 0.3 is 11.9 Å². The summed E-state index contributed by atoms with van der Waals surface area (Å²) in [5.74, 6) is -0.639. The molecular formula is C43H72O5. The fourth-order valence-electron chi connectivity index (χ4n) is 5.04. The molecule has 0 aliphatic heterocycles. The minimum Gasteiger partial charge on any atom is -0.462 e. The minimum absolute atomic E-state index is 0.0850. The van der Waals surface area contributed by atoms with Crippen LogP contribution in [0.5, 0.6) is 0 Å². The van der Waals surface area contributed by atoms with Crippen LogP contribution < -0.4 is 0 Å². The van der Waals surface area contributed by atoms with Crippen molar-refractivity contribution >= 4 is 11.9 Å². The molecule has 48 heavy (non-hydrogen) atoms. The van der Waals surface area contributed by atoms with Crippen molar-refractivity contribution in [2.24, 2.45) is 0 Å². The maximum absolute atomic E-state index is 12.2. The van der Waals surface area contributed by atoms with E-state index in [0.717, 1.165) is 77.0 Å². The van der Waals surface area contributed by atoms with Crippen molar-refractivity contribution in [2.45, 2.75) is 174 Å². The number of allylic oxidation sites excluding steroid dienone is 12. The highest BCUT2D eigenvalue weighted by Gasteiger charge is 2.16. The molecule has 0 aromatic rings. The number of aliphatic hydroxyl groups is 1. The van der Waals surface area contributed by atoms with Gasteiger partial charge in [0, 0.05) is 12.8 Å². The summed E-state index contributed by atoms with van der Waals surface area (Å²) in [6.07, 6.45) is 51.0. The first-order chi connectivity index (χ1) is 23.6. The molecule has 0 fully saturated rings. The van der Waals surface area contributed by atoms with Crippen molar-refractivity contribution in [3.8, 4) is 0 Å². The monoisotopic (exact) mass is 669 g/mol. The highest BCUT2D eigenvalue weighted by molar-refractivity contribution is 5.70. The summed E-state index contributed by atoms with van der Waals surface area (Å²) in [6, 6.07) is 0. The predicted octanol–water partition coefficient (Wildman–Crippen LogP) is 12.2. The minimum atomic E-state index is -0.793. The van der Waals surface area contributed by atoms with E-state index in [-0.39, 0.29) is 25.2 Å². The summed E-state index contributed by atoms with van der Waals surface area (Å²) in [5, 5.41) is 9.55. The second-order valence-electron chi connectivity index (χ2n) is 12.6. The van der Waals surface area contributed by atoms with E-state index in [2.05, 4.69) is 86.8 Å². The molecule has 0 unspecified atom stereocenters. The third-order valence-corrected chi connectivity index (χ3v) is 7.98. The Morgan fingerprint density at radius 3 is 1.40 bits per heavy atom. The van der Waals surface area contributed by atoms with E-state index in [4.69, 9.17) is 9.47 Å². The van der Waals surface area contributed by atoms with Gasteiger partial charge in [-0.25, -0.2) is 0 Å². The molecule has 0 rings (SSSR count). The Hall–Kier alpha value is -2.66. The quantitative estimate of drug-likeness (QED) is 0.0420. The number of hydrogen-bond acceptors (Lipinski definition) is 5. The molecule has 0 aromatic heterocycles. The third-order valence-electron chi connectivity index (χ3n) is 7.98. The van der Waals surface area contributed by atoms with Gasteiger partial charge in [0.2, 0.25) is 0 Å². The van der Waals surface area contributed by atoms with E-state index in [0.29, 0.717) is 12.8 Å². The summed E-state index contributed by atoms with van der Waals surface area (Å²) in [6.45, 7) is 3.96. The fraction of sp³-hybridized carbons (Fsp3) is 0.674. The van der Waals surface area contributed by atoms with Crippen LogP contribution in [-0.4, -0.2) is 36.4 Å². The van der Waals surface area contributed by atoms with Crippen LogP contribution in [0.2, 0.25) is 0 Å². The maximum Gasteiger partial charge on any atom is 0.306 e. The molecule has 0 aliphatic rings. The van der Waals surface area contributed by atoms with Crippen molar-refractivity contribution in [3.63, 3.8) is 0 Å². The topological polar surface area (TPSA) is 72.8 Å². The van der Waals surface area contributed by atoms with Crippen LogP contribution in [0.25, 0.3) is 0 Å². The van der Waals surface area contributed by atoms with E-state index >= 15 is 0 Å². The van der Waals surface area contributed by atoms with E-state index in [9.17, 15) is 14.7 Å². The molecule has 5 nitrogen and oxygen atoms in total. The van der Waals surface area contributed by atoms with Crippen LogP contribution in [0.3, 0.4) is 0 Å². The first-order valence-electron chi connectivity index (χ1n) is 19.5. The molecule has 0 heterocycles. The van der Waals surface area contributed by atoms with Crippen LogP contribution in [-0.2, 0) is 19.1 Å². The van der Waals surface area contributed by atoms with Gasteiger partial charge in [0.1, 0.15) is 6.61 Å². The number of rotatable bonds is 34. The van der Waals surface area contributed by atoms with Gasteiger partial charge in [0.05, 0.1) is 6.61 Å². The van der Waals surface area contributed by atoms with Crippen LogP contribution in [0.4, 0.5) is 0 Å². The first kappa shape index (κ1) is 45.3.